The van der Waals surface area contributed by atoms with Gasteiger partial charge < -0.3 is 11.1 Å². The predicted octanol–water partition coefficient (Wildman–Crippen LogP) is 4.80. The number of benzene rings is 3. The summed E-state index contributed by atoms with van der Waals surface area (Å²) in [6.07, 6.45) is 0.688. The van der Waals surface area contributed by atoms with E-state index in [-0.39, 0.29) is 11.8 Å². The van der Waals surface area contributed by atoms with Gasteiger partial charge in [-0.15, -0.1) is 11.8 Å². The minimum Gasteiger partial charge on any atom is -0.324 e. The summed E-state index contributed by atoms with van der Waals surface area (Å²) in [5.74, 6) is 0.914. The number of hydrogen-bond acceptors (Lipinski definition) is 3. The maximum Gasteiger partial charge on any atom is 0.245 e. The van der Waals surface area contributed by atoms with Gasteiger partial charge >= 0.3 is 0 Å². The second kappa shape index (κ2) is 7.59. The molecule has 2 unspecified atom stereocenters. The maximum absolute atomic E-state index is 12.6. The molecule has 0 spiro atoms. The van der Waals surface area contributed by atoms with Crippen molar-refractivity contribution in [1.29, 1.82) is 0 Å². The highest BCUT2D eigenvalue weighted by Crippen LogP contribution is 2.50. The zero-order valence-electron chi connectivity index (χ0n) is 15.0. The van der Waals surface area contributed by atoms with E-state index < -0.39 is 5.54 Å². The number of thioether (sulfide) groups is 1. The van der Waals surface area contributed by atoms with Gasteiger partial charge in [-0.05, 0) is 41.8 Å². The third-order valence-corrected chi connectivity index (χ3v) is 6.07. The molecule has 136 valence electrons. The topological polar surface area (TPSA) is 55.1 Å². The van der Waals surface area contributed by atoms with Gasteiger partial charge in [0.15, 0.2) is 0 Å². The second-order valence-corrected chi connectivity index (χ2v) is 8.01. The zero-order valence-corrected chi connectivity index (χ0v) is 15.8. The van der Waals surface area contributed by atoms with E-state index in [1.54, 1.807) is 11.8 Å². The number of carbonyl (C=O) groups is 1. The first kappa shape index (κ1) is 17.8. The number of hydrogen-bond donors (Lipinski definition) is 2. The molecule has 3 nitrogen and oxygen atoms in total. The van der Waals surface area contributed by atoms with Crippen molar-refractivity contribution in [2.75, 3.05) is 5.32 Å². The van der Waals surface area contributed by atoms with Gasteiger partial charge in [-0.25, -0.2) is 0 Å². The Bertz CT molecular complexity index is 912. The normalized spacial score (nSPS) is 20.9. The van der Waals surface area contributed by atoms with Gasteiger partial charge in [0, 0.05) is 22.3 Å². The molecule has 4 heteroatoms. The lowest BCUT2D eigenvalue weighted by Gasteiger charge is -2.13. The first-order valence-corrected chi connectivity index (χ1v) is 10.1. The molecule has 27 heavy (non-hydrogen) atoms. The first-order chi connectivity index (χ1) is 13.1. The van der Waals surface area contributed by atoms with Gasteiger partial charge in [0.1, 0.15) is 5.54 Å². The largest absolute Gasteiger partial charge is 0.324 e. The van der Waals surface area contributed by atoms with E-state index in [0.29, 0.717) is 6.42 Å². The molecule has 1 aliphatic carbocycles. The summed E-state index contributed by atoms with van der Waals surface area (Å²) >= 11 is 1.78. The Morgan fingerprint density at radius 2 is 1.59 bits per heavy atom. The van der Waals surface area contributed by atoms with E-state index in [1.807, 2.05) is 60.7 Å². The third-order valence-electron chi connectivity index (χ3n) is 4.99. The Kier molecular flexibility index (Phi) is 5.01. The Hall–Kier alpha value is -2.56. The van der Waals surface area contributed by atoms with Crippen LogP contribution in [0.25, 0.3) is 0 Å². The summed E-state index contributed by atoms with van der Waals surface area (Å²) in [6.45, 7) is 0. The Balaban J connectivity index is 1.34. The minimum absolute atomic E-state index is 0.0967. The van der Waals surface area contributed by atoms with Crippen LogP contribution in [0.3, 0.4) is 0 Å². The van der Waals surface area contributed by atoms with E-state index in [2.05, 4.69) is 29.6 Å². The summed E-state index contributed by atoms with van der Waals surface area (Å²) in [5.41, 5.74) is 8.75. The average molecular weight is 375 g/mol. The van der Waals surface area contributed by atoms with E-state index in [4.69, 9.17) is 5.73 Å². The van der Waals surface area contributed by atoms with Gasteiger partial charge in [-0.1, -0.05) is 60.7 Å². The highest BCUT2D eigenvalue weighted by atomic mass is 32.2. The molecular formula is C23H22N2OS. The lowest BCUT2D eigenvalue weighted by molar-refractivity contribution is -0.118. The van der Waals surface area contributed by atoms with E-state index in [0.717, 1.165) is 17.0 Å². The Labute approximate surface area is 164 Å². The predicted molar refractivity (Wildman–Crippen MR) is 112 cm³/mol. The van der Waals surface area contributed by atoms with Crippen LogP contribution in [0.2, 0.25) is 0 Å². The standard InChI is InChI=1S/C23H22N2OS/c24-23(15-21(23)18-9-5-2-6-10-18)22(26)25-19-11-13-20(14-12-19)27-16-17-7-3-1-4-8-17/h1-14,21H,15-16,24H2,(H,25,26). The van der Waals surface area contributed by atoms with E-state index in [1.165, 1.54) is 10.5 Å². The van der Waals surface area contributed by atoms with Crippen molar-refractivity contribution in [2.45, 2.75) is 28.5 Å². The number of amides is 1. The SMILES string of the molecule is NC1(C(=O)Nc2ccc(SCc3ccccc3)cc2)CC1c1ccccc1. The number of rotatable bonds is 6. The van der Waals surface area contributed by atoms with Crippen molar-refractivity contribution in [3.63, 3.8) is 0 Å². The van der Waals surface area contributed by atoms with Gasteiger partial charge in [0.25, 0.3) is 0 Å². The molecular weight excluding hydrogens is 352 g/mol. The molecule has 0 radical (unpaired) electrons. The van der Waals surface area contributed by atoms with Crippen molar-refractivity contribution in [3.05, 3.63) is 96.1 Å². The van der Waals surface area contributed by atoms with Gasteiger partial charge in [-0.2, -0.15) is 0 Å². The third kappa shape index (κ3) is 4.07. The summed E-state index contributed by atoms with van der Waals surface area (Å²) in [4.78, 5) is 13.8. The second-order valence-electron chi connectivity index (χ2n) is 6.96. The first-order valence-electron chi connectivity index (χ1n) is 9.07. The van der Waals surface area contributed by atoms with Crippen molar-refractivity contribution in [1.82, 2.24) is 0 Å². The van der Waals surface area contributed by atoms with Gasteiger partial charge in [0.2, 0.25) is 5.91 Å². The van der Waals surface area contributed by atoms with Crippen LogP contribution < -0.4 is 11.1 Å². The molecule has 2 atom stereocenters. The molecule has 0 saturated heterocycles. The van der Waals surface area contributed by atoms with Crippen molar-refractivity contribution in [2.24, 2.45) is 5.73 Å². The fraction of sp³-hybridized carbons (Fsp3) is 0.174. The fourth-order valence-corrected chi connectivity index (χ4v) is 4.11. The van der Waals surface area contributed by atoms with Gasteiger partial charge in [0.05, 0.1) is 0 Å². The molecule has 3 aromatic carbocycles. The molecule has 3 N–H and O–H groups in total. The van der Waals surface area contributed by atoms with E-state index >= 15 is 0 Å². The average Bonchev–Trinajstić information content (AvgIpc) is 3.42. The zero-order chi connectivity index (χ0) is 18.7. The summed E-state index contributed by atoms with van der Waals surface area (Å²) < 4.78 is 0. The minimum atomic E-state index is -0.803. The summed E-state index contributed by atoms with van der Waals surface area (Å²) in [5, 5.41) is 2.97. The molecule has 4 rings (SSSR count). The molecule has 0 bridgehead atoms. The Morgan fingerprint density at radius 1 is 0.963 bits per heavy atom. The molecule has 1 fully saturated rings. The van der Waals surface area contributed by atoms with Gasteiger partial charge in [-0.3, -0.25) is 4.79 Å². The van der Waals surface area contributed by atoms with Crippen LogP contribution in [0.5, 0.6) is 0 Å². The smallest absolute Gasteiger partial charge is 0.245 e. The van der Waals surface area contributed by atoms with Crippen molar-refractivity contribution in [3.8, 4) is 0 Å². The highest BCUT2D eigenvalue weighted by molar-refractivity contribution is 7.98. The molecule has 1 saturated carbocycles. The summed E-state index contributed by atoms with van der Waals surface area (Å²) in [7, 11) is 0. The molecule has 1 amide bonds. The van der Waals surface area contributed by atoms with Crippen molar-refractivity contribution >= 4 is 23.4 Å². The van der Waals surface area contributed by atoms with Crippen LogP contribution in [0.15, 0.2) is 89.8 Å². The molecule has 0 aliphatic heterocycles. The van der Waals surface area contributed by atoms with E-state index in [9.17, 15) is 4.79 Å². The summed E-state index contributed by atoms with van der Waals surface area (Å²) in [6, 6.07) is 28.3. The quantitative estimate of drug-likeness (QED) is 0.609. The fourth-order valence-electron chi connectivity index (χ4n) is 3.25. The Morgan fingerprint density at radius 3 is 2.26 bits per heavy atom. The number of carbonyl (C=O) groups excluding carboxylic acids is 1. The van der Waals surface area contributed by atoms with Crippen LogP contribution in [-0.2, 0) is 10.5 Å². The highest BCUT2D eigenvalue weighted by Gasteiger charge is 2.57. The van der Waals surface area contributed by atoms with Crippen molar-refractivity contribution < 1.29 is 4.79 Å². The van der Waals surface area contributed by atoms with Crippen LogP contribution in [0, 0.1) is 0 Å². The van der Waals surface area contributed by atoms with Crippen LogP contribution in [-0.4, -0.2) is 11.4 Å². The lowest BCUT2D eigenvalue weighted by Crippen LogP contribution is -2.39. The maximum atomic E-state index is 12.6. The molecule has 0 aromatic heterocycles. The van der Waals surface area contributed by atoms with Crippen LogP contribution in [0.1, 0.15) is 23.5 Å². The monoisotopic (exact) mass is 374 g/mol. The number of nitrogens with two attached hydrogens (primary N) is 1. The molecule has 0 heterocycles. The lowest BCUT2D eigenvalue weighted by atomic mass is 10.1. The molecule has 1 aliphatic rings. The number of nitrogens with one attached hydrogen (secondary N) is 1. The van der Waals surface area contributed by atoms with Crippen LogP contribution >= 0.6 is 11.8 Å². The molecule has 3 aromatic rings. The van der Waals surface area contributed by atoms with Crippen LogP contribution in [0.4, 0.5) is 5.69 Å². The number of anilines is 1.